The van der Waals surface area contributed by atoms with Gasteiger partial charge in [0.1, 0.15) is 11.7 Å². The largest absolute Gasteiger partial charge is 0.458 e. The summed E-state index contributed by atoms with van der Waals surface area (Å²) in [7, 11) is 0. The molecule has 0 radical (unpaired) electrons. The number of halogens is 1. The van der Waals surface area contributed by atoms with Crippen LogP contribution in [0.5, 0.6) is 6.01 Å². The lowest BCUT2D eigenvalue weighted by atomic mass is 10.1. The van der Waals surface area contributed by atoms with Crippen molar-refractivity contribution in [2.45, 2.75) is 45.3 Å². The highest BCUT2D eigenvalue weighted by Crippen LogP contribution is 2.18. The Morgan fingerprint density at radius 2 is 2.05 bits per heavy atom. The van der Waals surface area contributed by atoms with Gasteiger partial charge in [-0.25, -0.2) is 19.2 Å². The van der Waals surface area contributed by atoms with Crippen LogP contribution >= 0.6 is 0 Å². The Labute approximate surface area is 123 Å². The van der Waals surface area contributed by atoms with Gasteiger partial charge in [0.15, 0.2) is 5.82 Å². The number of carbonyl (C=O) groups is 1. The Morgan fingerprint density at radius 1 is 1.38 bits per heavy atom. The number of aromatic nitrogens is 2. The number of carbonyl (C=O) groups excluding carboxylic acids is 1. The minimum absolute atomic E-state index is 0.118. The van der Waals surface area contributed by atoms with E-state index in [0.717, 1.165) is 25.2 Å². The first-order chi connectivity index (χ1) is 9.83. The van der Waals surface area contributed by atoms with E-state index < -0.39 is 11.4 Å². The molecule has 0 spiro atoms. The lowest BCUT2D eigenvalue weighted by Gasteiger charge is -2.33. The van der Waals surface area contributed by atoms with Crippen LogP contribution in [0.4, 0.5) is 9.18 Å². The summed E-state index contributed by atoms with van der Waals surface area (Å²) in [4.78, 5) is 21.2. The lowest BCUT2D eigenvalue weighted by molar-refractivity contribution is 0.00658. The molecule has 7 heteroatoms. The summed E-state index contributed by atoms with van der Waals surface area (Å²) in [5.74, 6) is -0.513. The van der Waals surface area contributed by atoms with E-state index in [0.29, 0.717) is 13.1 Å². The van der Waals surface area contributed by atoms with Gasteiger partial charge in [-0.1, -0.05) is 0 Å². The van der Waals surface area contributed by atoms with Crippen LogP contribution in [0.3, 0.4) is 0 Å². The number of ether oxygens (including phenoxy) is 2. The van der Waals surface area contributed by atoms with Gasteiger partial charge >= 0.3 is 12.1 Å². The first-order valence-corrected chi connectivity index (χ1v) is 6.95. The van der Waals surface area contributed by atoms with Crippen molar-refractivity contribution < 1.29 is 18.7 Å². The first-order valence-electron chi connectivity index (χ1n) is 6.95. The summed E-state index contributed by atoms with van der Waals surface area (Å²) in [6.45, 7) is 6.54. The SMILES string of the molecule is CC(C)(C)OC(=O)N1CCC[C@H](Oc2ncc(F)cn2)C1. The summed E-state index contributed by atoms with van der Waals surface area (Å²) in [6.07, 6.45) is 3.14. The molecule has 2 rings (SSSR count). The van der Waals surface area contributed by atoms with Crippen molar-refractivity contribution >= 4 is 6.09 Å². The van der Waals surface area contributed by atoms with E-state index in [9.17, 15) is 9.18 Å². The molecule has 0 aromatic carbocycles. The number of rotatable bonds is 2. The second-order valence-corrected chi connectivity index (χ2v) is 5.99. The van der Waals surface area contributed by atoms with Crippen LogP contribution in [0, 0.1) is 5.82 Å². The van der Waals surface area contributed by atoms with Gasteiger partial charge in [-0.2, -0.15) is 0 Å². The number of hydrogen-bond acceptors (Lipinski definition) is 5. The lowest BCUT2D eigenvalue weighted by Crippen LogP contribution is -2.46. The van der Waals surface area contributed by atoms with Crippen molar-refractivity contribution in [2.24, 2.45) is 0 Å². The van der Waals surface area contributed by atoms with E-state index in [1.807, 2.05) is 20.8 Å². The minimum atomic E-state index is -0.523. The van der Waals surface area contributed by atoms with Gasteiger partial charge in [0.05, 0.1) is 18.9 Å². The van der Waals surface area contributed by atoms with Gasteiger partial charge in [-0.05, 0) is 33.6 Å². The summed E-state index contributed by atoms with van der Waals surface area (Å²) in [6, 6.07) is 0.118. The summed E-state index contributed by atoms with van der Waals surface area (Å²) >= 11 is 0. The van der Waals surface area contributed by atoms with E-state index in [-0.39, 0.29) is 18.2 Å². The third-order valence-corrected chi connectivity index (χ3v) is 2.90. The fourth-order valence-electron chi connectivity index (χ4n) is 2.04. The van der Waals surface area contributed by atoms with Gasteiger partial charge in [0.2, 0.25) is 0 Å². The highest BCUT2D eigenvalue weighted by atomic mass is 19.1. The molecule has 1 atom stereocenters. The van der Waals surface area contributed by atoms with Gasteiger partial charge in [0.25, 0.3) is 0 Å². The first kappa shape index (κ1) is 15.5. The van der Waals surface area contributed by atoms with Crippen molar-refractivity contribution in [3.8, 4) is 6.01 Å². The fourth-order valence-corrected chi connectivity index (χ4v) is 2.04. The van der Waals surface area contributed by atoms with Gasteiger partial charge in [-0.15, -0.1) is 0 Å². The van der Waals surface area contributed by atoms with E-state index in [1.54, 1.807) is 4.90 Å². The Bertz CT molecular complexity index is 487. The molecular weight excluding hydrogens is 277 g/mol. The molecule has 0 unspecified atom stereocenters. The molecule has 1 aromatic heterocycles. The van der Waals surface area contributed by atoms with Gasteiger partial charge < -0.3 is 14.4 Å². The number of piperidine rings is 1. The minimum Gasteiger partial charge on any atom is -0.458 e. The Morgan fingerprint density at radius 3 is 2.67 bits per heavy atom. The summed E-state index contributed by atoms with van der Waals surface area (Å²) in [5, 5.41) is 0. The van der Waals surface area contributed by atoms with Crippen molar-refractivity contribution in [1.29, 1.82) is 0 Å². The molecular formula is C14H20FN3O3. The molecule has 1 aliphatic rings. The normalized spacial score (nSPS) is 19.2. The van der Waals surface area contributed by atoms with E-state index in [4.69, 9.17) is 9.47 Å². The molecule has 1 aromatic rings. The standard InChI is InChI=1S/C14H20FN3O3/c1-14(2,3)21-13(19)18-6-4-5-11(9-18)20-12-16-7-10(15)8-17-12/h7-8,11H,4-6,9H2,1-3H3/t11-/m0/s1. The summed E-state index contributed by atoms with van der Waals surface area (Å²) in [5.41, 5.74) is -0.523. The average Bonchev–Trinajstić information content (AvgIpc) is 2.40. The fraction of sp³-hybridized carbons (Fsp3) is 0.643. The van der Waals surface area contributed by atoms with Crippen LogP contribution < -0.4 is 4.74 Å². The quantitative estimate of drug-likeness (QED) is 0.838. The van der Waals surface area contributed by atoms with Crippen LogP contribution in [0.15, 0.2) is 12.4 Å². The van der Waals surface area contributed by atoms with Crippen LogP contribution in [0.1, 0.15) is 33.6 Å². The molecule has 2 heterocycles. The number of likely N-dealkylation sites (tertiary alicyclic amines) is 1. The van der Waals surface area contributed by atoms with Crippen molar-refractivity contribution in [1.82, 2.24) is 14.9 Å². The molecule has 0 bridgehead atoms. The van der Waals surface area contributed by atoms with E-state index in [2.05, 4.69) is 9.97 Å². The van der Waals surface area contributed by atoms with Crippen LogP contribution in [-0.2, 0) is 4.74 Å². The van der Waals surface area contributed by atoms with Gasteiger partial charge in [-0.3, -0.25) is 0 Å². The Hall–Kier alpha value is -1.92. The maximum absolute atomic E-state index is 12.7. The Balaban J connectivity index is 1.91. The molecule has 1 aliphatic heterocycles. The predicted octanol–water partition coefficient (Wildman–Crippen LogP) is 2.39. The van der Waals surface area contributed by atoms with Crippen LogP contribution in [-0.4, -0.2) is 45.8 Å². The monoisotopic (exact) mass is 297 g/mol. The molecule has 6 nitrogen and oxygen atoms in total. The van der Waals surface area contributed by atoms with Crippen molar-refractivity contribution in [2.75, 3.05) is 13.1 Å². The topological polar surface area (TPSA) is 64.5 Å². The van der Waals surface area contributed by atoms with Crippen LogP contribution in [0.25, 0.3) is 0 Å². The molecule has 0 N–H and O–H groups in total. The molecule has 1 amide bonds. The molecule has 1 saturated heterocycles. The summed E-state index contributed by atoms with van der Waals surface area (Å²) < 4.78 is 23.7. The van der Waals surface area contributed by atoms with E-state index >= 15 is 0 Å². The van der Waals surface area contributed by atoms with Crippen molar-refractivity contribution in [3.05, 3.63) is 18.2 Å². The molecule has 0 saturated carbocycles. The number of amides is 1. The van der Waals surface area contributed by atoms with Crippen molar-refractivity contribution in [3.63, 3.8) is 0 Å². The second-order valence-electron chi connectivity index (χ2n) is 5.99. The number of nitrogens with zero attached hydrogens (tertiary/aromatic N) is 3. The molecule has 1 fully saturated rings. The zero-order valence-electron chi connectivity index (χ0n) is 12.5. The average molecular weight is 297 g/mol. The van der Waals surface area contributed by atoms with Crippen LogP contribution in [0.2, 0.25) is 0 Å². The highest BCUT2D eigenvalue weighted by molar-refractivity contribution is 5.68. The predicted molar refractivity (Wildman–Crippen MR) is 73.4 cm³/mol. The smallest absolute Gasteiger partial charge is 0.410 e. The molecule has 21 heavy (non-hydrogen) atoms. The maximum Gasteiger partial charge on any atom is 0.410 e. The van der Waals surface area contributed by atoms with E-state index in [1.165, 1.54) is 0 Å². The zero-order valence-corrected chi connectivity index (χ0v) is 12.5. The highest BCUT2D eigenvalue weighted by Gasteiger charge is 2.28. The maximum atomic E-state index is 12.7. The molecule has 116 valence electrons. The van der Waals surface area contributed by atoms with Gasteiger partial charge in [0, 0.05) is 6.54 Å². The molecule has 0 aliphatic carbocycles. The second kappa shape index (κ2) is 6.24. The zero-order chi connectivity index (χ0) is 15.5. The third-order valence-electron chi connectivity index (χ3n) is 2.90. The number of hydrogen-bond donors (Lipinski definition) is 0. The Kier molecular flexibility index (Phi) is 4.59. The third kappa shape index (κ3) is 4.84.